The van der Waals surface area contributed by atoms with E-state index in [1.165, 1.54) is 0 Å². The predicted molar refractivity (Wildman–Crippen MR) is 93.3 cm³/mol. The highest BCUT2D eigenvalue weighted by molar-refractivity contribution is 7.80. The SMILES string of the molecule is O=C(c1ccc(NC(=S)NCc2ccco2)cc1)N1CCCC1. The molecule has 0 unspecified atom stereocenters. The van der Waals surface area contributed by atoms with Crippen molar-refractivity contribution in [1.29, 1.82) is 0 Å². The molecule has 0 bridgehead atoms. The number of rotatable bonds is 4. The van der Waals surface area contributed by atoms with Crippen LogP contribution in [0.1, 0.15) is 29.0 Å². The summed E-state index contributed by atoms with van der Waals surface area (Å²) in [7, 11) is 0. The molecule has 0 atom stereocenters. The monoisotopic (exact) mass is 329 g/mol. The number of hydrogen-bond acceptors (Lipinski definition) is 3. The minimum Gasteiger partial charge on any atom is -0.467 e. The molecule has 3 rings (SSSR count). The van der Waals surface area contributed by atoms with Crippen LogP contribution in [0.3, 0.4) is 0 Å². The molecule has 5 nitrogen and oxygen atoms in total. The average molecular weight is 329 g/mol. The Balaban J connectivity index is 1.52. The second-order valence-corrected chi connectivity index (χ2v) is 5.87. The molecular weight excluding hydrogens is 310 g/mol. The third kappa shape index (κ3) is 4.10. The van der Waals surface area contributed by atoms with Crippen molar-refractivity contribution in [3.63, 3.8) is 0 Å². The lowest BCUT2D eigenvalue weighted by molar-refractivity contribution is 0.0793. The van der Waals surface area contributed by atoms with Crippen LogP contribution in [-0.2, 0) is 6.54 Å². The maximum Gasteiger partial charge on any atom is 0.253 e. The van der Waals surface area contributed by atoms with Gasteiger partial charge < -0.3 is 20.0 Å². The van der Waals surface area contributed by atoms with Crippen molar-refractivity contribution in [2.45, 2.75) is 19.4 Å². The lowest BCUT2D eigenvalue weighted by Gasteiger charge is -2.15. The van der Waals surface area contributed by atoms with E-state index in [9.17, 15) is 4.79 Å². The number of carbonyl (C=O) groups excluding carboxylic acids is 1. The summed E-state index contributed by atoms with van der Waals surface area (Å²) < 4.78 is 5.23. The van der Waals surface area contributed by atoms with Gasteiger partial charge in [0.2, 0.25) is 0 Å². The summed E-state index contributed by atoms with van der Waals surface area (Å²) in [6, 6.07) is 11.1. The molecule has 0 saturated carbocycles. The van der Waals surface area contributed by atoms with E-state index in [0.717, 1.165) is 37.4 Å². The number of nitrogens with zero attached hydrogens (tertiary/aromatic N) is 1. The fourth-order valence-electron chi connectivity index (χ4n) is 2.55. The Morgan fingerprint density at radius 3 is 2.57 bits per heavy atom. The van der Waals surface area contributed by atoms with E-state index < -0.39 is 0 Å². The van der Waals surface area contributed by atoms with Crippen molar-refractivity contribution < 1.29 is 9.21 Å². The third-order valence-corrected chi connectivity index (χ3v) is 4.03. The maximum absolute atomic E-state index is 12.3. The highest BCUT2D eigenvalue weighted by Crippen LogP contribution is 2.15. The number of anilines is 1. The normalized spacial score (nSPS) is 13.8. The van der Waals surface area contributed by atoms with Crippen LogP contribution in [-0.4, -0.2) is 29.0 Å². The molecule has 1 fully saturated rings. The van der Waals surface area contributed by atoms with Crippen LogP contribution in [0.25, 0.3) is 0 Å². The van der Waals surface area contributed by atoms with Crippen LogP contribution in [0.5, 0.6) is 0 Å². The molecule has 0 aliphatic carbocycles. The second kappa shape index (κ2) is 7.28. The quantitative estimate of drug-likeness (QED) is 0.845. The van der Waals surface area contributed by atoms with Crippen molar-refractivity contribution in [2.24, 2.45) is 0 Å². The van der Waals surface area contributed by atoms with Gasteiger partial charge in [0.1, 0.15) is 5.76 Å². The summed E-state index contributed by atoms with van der Waals surface area (Å²) >= 11 is 5.24. The molecular formula is C17H19N3O2S. The first-order valence-electron chi connectivity index (χ1n) is 7.69. The summed E-state index contributed by atoms with van der Waals surface area (Å²) in [6.45, 7) is 2.25. The highest BCUT2D eigenvalue weighted by atomic mass is 32.1. The van der Waals surface area contributed by atoms with Crippen molar-refractivity contribution in [1.82, 2.24) is 10.2 Å². The van der Waals surface area contributed by atoms with Crippen LogP contribution < -0.4 is 10.6 Å². The van der Waals surface area contributed by atoms with Gasteiger partial charge in [-0.2, -0.15) is 0 Å². The fourth-order valence-corrected chi connectivity index (χ4v) is 2.74. The number of nitrogens with one attached hydrogen (secondary N) is 2. The molecule has 1 aliphatic rings. The van der Waals surface area contributed by atoms with Crippen LogP contribution >= 0.6 is 12.2 Å². The predicted octanol–water partition coefficient (Wildman–Crippen LogP) is 3.00. The number of thiocarbonyl (C=S) groups is 1. The molecule has 2 heterocycles. The van der Waals surface area contributed by atoms with E-state index in [-0.39, 0.29) is 5.91 Å². The molecule has 1 amide bonds. The topological polar surface area (TPSA) is 57.5 Å². The fraction of sp³-hybridized carbons (Fsp3) is 0.294. The first kappa shape index (κ1) is 15.6. The third-order valence-electron chi connectivity index (χ3n) is 3.79. The molecule has 1 saturated heterocycles. The Morgan fingerprint density at radius 2 is 1.91 bits per heavy atom. The van der Waals surface area contributed by atoms with E-state index in [4.69, 9.17) is 16.6 Å². The Kier molecular flexibility index (Phi) is 4.92. The van der Waals surface area contributed by atoms with Crippen LogP contribution in [0.2, 0.25) is 0 Å². The zero-order valence-corrected chi connectivity index (χ0v) is 13.6. The van der Waals surface area contributed by atoms with E-state index in [2.05, 4.69) is 10.6 Å². The largest absolute Gasteiger partial charge is 0.467 e. The van der Waals surface area contributed by atoms with Gasteiger partial charge in [0.05, 0.1) is 12.8 Å². The summed E-state index contributed by atoms with van der Waals surface area (Å²) in [5.74, 6) is 0.924. The van der Waals surface area contributed by atoms with Crippen molar-refractivity contribution in [3.05, 3.63) is 54.0 Å². The highest BCUT2D eigenvalue weighted by Gasteiger charge is 2.19. The summed E-state index contributed by atoms with van der Waals surface area (Å²) in [5.41, 5.74) is 1.56. The first-order valence-corrected chi connectivity index (χ1v) is 8.10. The van der Waals surface area contributed by atoms with E-state index in [0.29, 0.717) is 17.2 Å². The smallest absolute Gasteiger partial charge is 0.253 e. The molecule has 120 valence electrons. The number of benzene rings is 1. The van der Waals surface area contributed by atoms with Gasteiger partial charge in [0, 0.05) is 24.3 Å². The van der Waals surface area contributed by atoms with Crippen molar-refractivity contribution >= 4 is 28.9 Å². The van der Waals surface area contributed by atoms with Gasteiger partial charge in [-0.15, -0.1) is 0 Å². The molecule has 23 heavy (non-hydrogen) atoms. The molecule has 0 radical (unpaired) electrons. The van der Waals surface area contributed by atoms with Gasteiger partial charge in [0.25, 0.3) is 5.91 Å². The first-order chi connectivity index (χ1) is 11.2. The molecule has 1 aromatic heterocycles. The summed E-state index contributed by atoms with van der Waals surface area (Å²) in [6.07, 6.45) is 3.82. The van der Waals surface area contributed by atoms with Gasteiger partial charge in [-0.3, -0.25) is 4.79 Å². The average Bonchev–Trinajstić information content (AvgIpc) is 3.26. The summed E-state index contributed by atoms with van der Waals surface area (Å²) in [4.78, 5) is 14.2. The maximum atomic E-state index is 12.3. The van der Waals surface area contributed by atoms with E-state index in [1.54, 1.807) is 6.26 Å². The molecule has 2 aromatic rings. The van der Waals surface area contributed by atoms with Gasteiger partial charge in [-0.05, 0) is 61.5 Å². The van der Waals surface area contributed by atoms with Gasteiger partial charge in [-0.1, -0.05) is 0 Å². The molecule has 2 N–H and O–H groups in total. The minimum atomic E-state index is 0.104. The Labute approximate surface area is 140 Å². The van der Waals surface area contributed by atoms with Crippen LogP contribution in [0.4, 0.5) is 5.69 Å². The number of carbonyl (C=O) groups is 1. The van der Waals surface area contributed by atoms with Gasteiger partial charge >= 0.3 is 0 Å². The van der Waals surface area contributed by atoms with Gasteiger partial charge in [0.15, 0.2) is 5.11 Å². The lowest BCUT2D eigenvalue weighted by atomic mass is 10.2. The number of furan rings is 1. The Hall–Kier alpha value is -2.34. The van der Waals surface area contributed by atoms with Crippen molar-refractivity contribution in [2.75, 3.05) is 18.4 Å². The number of amides is 1. The number of hydrogen-bond donors (Lipinski definition) is 2. The van der Waals surface area contributed by atoms with Gasteiger partial charge in [-0.25, -0.2) is 0 Å². The number of likely N-dealkylation sites (tertiary alicyclic amines) is 1. The Bertz CT molecular complexity index is 662. The lowest BCUT2D eigenvalue weighted by Crippen LogP contribution is -2.28. The molecule has 6 heteroatoms. The van der Waals surface area contributed by atoms with Crippen LogP contribution in [0, 0.1) is 0 Å². The summed E-state index contributed by atoms with van der Waals surface area (Å²) in [5, 5.41) is 6.67. The molecule has 0 spiro atoms. The van der Waals surface area contributed by atoms with E-state index >= 15 is 0 Å². The minimum absolute atomic E-state index is 0.104. The van der Waals surface area contributed by atoms with Crippen LogP contribution in [0.15, 0.2) is 47.1 Å². The zero-order chi connectivity index (χ0) is 16.1. The molecule has 1 aromatic carbocycles. The van der Waals surface area contributed by atoms with Crippen molar-refractivity contribution in [3.8, 4) is 0 Å². The zero-order valence-electron chi connectivity index (χ0n) is 12.7. The van der Waals surface area contributed by atoms with E-state index in [1.807, 2.05) is 41.3 Å². The Morgan fingerprint density at radius 1 is 1.17 bits per heavy atom. The molecule has 1 aliphatic heterocycles. The second-order valence-electron chi connectivity index (χ2n) is 5.46. The standard InChI is InChI=1S/C17H19N3O2S/c21-16(20-9-1-2-10-20)13-5-7-14(8-6-13)19-17(23)18-12-15-4-3-11-22-15/h3-8,11H,1-2,9-10,12H2,(H2,18,19,23).